The molecule has 1 saturated carbocycles. The Hall–Kier alpha value is -0.800. The van der Waals surface area contributed by atoms with Gasteiger partial charge in [-0.2, -0.15) is 0 Å². The van der Waals surface area contributed by atoms with Gasteiger partial charge in [0.25, 0.3) is 0 Å². The van der Waals surface area contributed by atoms with Crippen LogP contribution in [0.3, 0.4) is 0 Å². The van der Waals surface area contributed by atoms with Gasteiger partial charge in [-0.25, -0.2) is 4.39 Å². The quantitative estimate of drug-likeness (QED) is 0.902. The lowest BCUT2D eigenvalue weighted by Crippen LogP contribution is -2.32. The minimum Gasteiger partial charge on any atom is -0.496 e. The molecule has 0 amide bonds. The Bertz CT molecular complexity index is 416. The van der Waals surface area contributed by atoms with Crippen molar-refractivity contribution < 1.29 is 9.13 Å². The molecule has 2 rings (SSSR count). The second-order valence-electron chi connectivity index (χ2n) is 4.66. The lowest BCUT2D eigenvalue weighted by molar-refractivity contribution is 0.375. The van der Waals surface area contributed by atoms with Gasteiger partial charge in [0.05, 0.1) is 12.1 Å². The first kappa shape index (κ1) is 12.7. The first-order valence-corrected chi connectivity index (χ1v) is 6.24. The normalized spacial score (nSPS) is 18.4. The SMILES string of the molecule is COc1cc(F)c(Cl)cc1C1(CN)CCCC1. The fourth-order valence-corrected chi connectivity index (χ4v) is 2.91. The van der Waals surface area contributed by atoms with Crippen molar-refractivity contribution in [2.45, 2.75) is 31.1 Å². The summed E-state index contributed by atoms with van der Waals surface area (Å²) < 4.78 is 18.7. The van der Waals surface area contributed by atoms with Gasteiger partial charge in [-0.1, -0.05) is 24.4 Å². The number of methoxy groups -OCH3 is 1. The predicted molar refractivity (Wildman–Crippen MR) is 67.2 cm³/mol. The molecule has 1 aromatic rings. The van der Waals surface area contributed by atoms with E-state index in [4.69, 9.17) is 22.1 Å². The molecule has 1 aliphatic rings. The number of hydrogen-bond acceptors (Lipinski definition) is 2. The molecule has 0 bridgehead atoms. The minimum atomic E-state index is -0.447. The summed E-state index contributed by atoms with van der Waals surface area (Å²) >= 11 is 5.87. The molecule has 0 aromatic heterocycles. The average Bonchev–Trinajstić information content (AvgIpc) is 2.82. The Labute approximate surface area is 106 Å². The van der Waals surface area contributed by atoms with Crippen LogP contribution < -0.4 is 10.5 Å². The zero-order valence-corrected chi connectivity index (χ0v) is 10.7. The van der Waals surface area contributed by atoms with Gasteiger partial charge in [0.15, 0.2) is 0 Å². The maximum absolute atomic E-state index is 13.4. The summed E-state index contributed by atoms with van der Waals surface area (Å²) in [5, 5.41) is 0.139. The van der Waals surface area contributed by atoms with Crippen molar-refractivity contribution in [3.8, 4) is 5.75 Å². The average molecular weight is 258 g/mol. The van der Waals surface area contributed by atoms with Crippen LogP contribution in [0.15, 0.2) is 12.1 Å². The van der Waals surface area contributed by atoms with Crippen molar-refractivity contribution in [2.24, 2.45) is 5.73 Å². The molecule has 94 valence electrons. The van der Waals surface area contributed by atoms with E-state index in [9.17, 15) is 4.39 Å². The number of rotatable bonds is 3. The Morgan fingerprint density at radius 3 is 2.59 bits per heavy atom. The Morgan fingerprint density at radius 2 is 2.06 bits per heavy atom. The number of benzene rings is 1. The van der Waals surface area contributed by atoms with Gasteiger partial charge in [-0.15, -0.1) is 0 Å². The zero-order chi connectivity index (χ0) is 12.5. The molecule has 2 nitrogen and oxygen atoms in total. The molecule has 0 aliphatic heterocycles. The molecule has 17 heavy (non-hydrogen) atoms. The van der Waals surface area contributed by atoms with E-state index in [2.05, 4.69) is 0 Å². The summed E-state index contributed by atoms with van der Waals surface area (Å²) in [4.78, 5) is 0. The summed E-state index contributed by atoms with van der Waals surface area (Å²) in [5.74, 6) is 0.108. The summed E-state index contributed by atoms with van der Waals surface area (Å²) in [6, 6.07) is 3.03. The molecule has 0 atom stereocenters. The monoisotopic (exact) mass is 257 g/mol. The molecule has 1 fully saturated rings. The Kier molecular flexibility index (Phi) is 3.59. The van der Waals surface area contributed by atoms with Crippen LogP contribution in [-0.4, -0.2) is 13.7 Å². The van der Waals surface area contributed by atoms with Crippen molar-refractivity contribution in [1.29, 1.82) is 0 Å². The zero-order valence-electron chi connectivity index (χ0n) is 9.93. The lowest BCUT2D eigenvalue weighted by Gasteiger charge is -2.29. The fourth-order valence-electron chi connectivity index (χ4n) is 2.75. The van der Waals surface area contributed by atoms with Crippen molar-refractivity contribution in [3.05, 3.63) is 28.5 Å². The molecule has 0 heterocycles. The van der Waals surface area contributed by atoms with Crippen LogP contribution in [0.1, 0.15) is 31.2 Å². The molecule has 0 saturated heterocycles. The molecular formula is C13H17ClFNO. The highest BCUT2D eigenvalue weighted by Gasteiger charge is 2.37. The van der Waals surface area contributed by atoms with Gasteiger partial charge in [0, 0.05) is 23.6 Å². The third-order valence-electron chi connectivity index (χ3n) is 3.77. The third-order valence-corrected chi connectivity index (χ3v) is 4.05. The van der Waals surface area contributed by atoms with E-state index in [1.165, 1.54) is 6.07 Å². The van der Waals surface area contributed by atoms with Crippen LogP contribution in [0.2, 0.25) is 5.02 Å². The van der Waals surface area contributed by atoms with E-state index in [1.54, 1.807) is 13.2 Å². The van der Waals surface area contributed by atoms with Gasteiger partial charge >= 0.3 is 0 Å². The van der Waals surface area contributed by atoms with Crippen LogP contribution in [-0.2, 0) is 5.41 Å². The molecule has 1 aromatic carbocycles. The third kappa shape index (κ3) is 2.14. The van der Waals surface area contributed by atoms with E-state index in [-0.39, 0.29) is 10.4 Å². The molecule has 1 aliphatic carbocycles. The van der Waals surface area contributed by atoms with E-state index < -0.39 is 5.82 Å². The maximum Gasteiger partial charge on any atom is 0.145 e. The number of hydrogen-bond donors (Lipinski definition) is 1. The number of halogens is 2. The maximum atomic E-state index is 13.4. The van der Waals surface area contributed by atoms with Gasteiger partial charge in [-0.3, -0.25) is 0 Å². The topological polar surface area (TPSA) is 35.2 Å². The summed E-state index contributed by atoms with van der Waals surface area (Å²) in [5.41, 5.74) is 6.78. The second-order valence-corrected chi connectivity index (χ2v) is 5.07. The molecular weight excluding hydrogens is 241 g/mol. The van der Waals surface area contributed by atoms with Crippen molar-refractivity contribution in [3.63, 3.8) is 0 Å². The Morgan fingerprint density at radius 1 is 1.41 bits per heavy atom. The lowest BCUT2D eigenvalue weighted by atomic mass is 9.78. The van der Waals surface area contributed by atoms with Crippen LogP contribution in [0, 0.1) is 5.82 Å². The van der Waals surface area contributed by atoms with Gasteiger partial charge in [0.2, 0.25) is 0 Å². The van der Waals surface area contributed by atoms with E-state index in [1.807, 2.05) is 0 Å². The minimum absolute atomic E-state index is 0.0946. The van der Waals surface area contributed by atoms with Gasteiger partial charge < -0.3 is 10.5 Å². The first-order chi connectivity index (χ1) is 8.13. The van der Waals surface area contributed by atoms with Crippen LogP contribution in [0.5, 0.6) is 5.75 Å². The molecule has 0 unspecified atom stereocenters. The molecule has 0 spiro atoms. The van der Waals surface area contributed by atoms with Crippen LogP contribution in [0.4, 0.5) is 4.39 Å². The predicted octanol–water partition coefficient (Wildman–Crippen LogP) is 3.26. The first-order valence-electron chi connectivity index (χ1n) is 5.86. The smallest absolute Gasteiger partial charge is 0.145 e. The van der Waals surface area contributed by atoms with Crippen molar-refractivity contribution in [2.75, 3.05) is 13.7 Å². The van der Waals surface area contributed by atoms with Crippen molar-refractivity contribution >= 4 is 11.6 Å². The highest BCUT2D eigenvalue weighted by molar-refractivity contribution is 6.30. The second kappa shape index (κ2) is 4.83. The number of ether oxygens (including phenoxy) is 1. The van der Waals surface area contributed by atoms with Crippen LogP contribution in [0.25, 0.3) is 0 Å². The van der Waals surface area contributed by atoms with E-state index >= 15 is 0 Å². The highest BCUT2D eigenvalue weighted by Crippen LogP contribution is 2.45. The van der Waals surface area contributed by atoms with Gasteiger partial charge in [0.1, 0.15) is 11.6 Å². The molecule has 0 radical (unpaired) electrons. The number of nitrogens with two attached hydrogens (primary N) is 1. The highest BCUT2D eigenvalue weighted by atomic mass is 35.5. The molecule has 4 heteroatoms. The summed E-state index contributed by atoms with van der Waals surface area (Å²) in [7, 11) is 1.55. The standard InChI is InChI=1S/C13H17ClFNO/c1-17-12-7-11(15)10(14)6-9(12)13(8-16)4-2-3-5-13/h6-7H,2-5,8,16H2,1H3. The van der Waals surface area contributed by atoms with Crippen molar-refractivity contribution in [1.82, 2.24) is 0 Å². The summed E-state index contributed by atoms with van der Waals surface area (Å²) in [6.45, 7) is 0.547. The summed E-state index contributed by atoms with van der Waals surface area (Å²) in [6.07, 6.45) is 4.33. The van der Waals surface area contributed by atoms with Crippen LogP contribution >= 0.6 is 11.6 Å². The Balaban J connectivity index is 2.52. The van der Waals surface area contributed by atoms with E-state index in [0.29, 0.717) is 12.3 Å². The fraction of sp³-hybridized carbons (Fsp3) is 0.538. The van der Waals surface area contributed by atoms with E-state index in [0.717, 1.165) is 31.2 Å². The molecule has 2 N–H and O–H groups in total. The van der Waals surface area contributed by atoms with Gasteiger partial charge in [-0.05, 0) is 18.9 Å². The largest absolute Gasteiger partial charge is 0.496 e.